The fraction of sp³-hybridized carbons (Fsp3) is 0.517. The van der Waals surface area contributed by atoms with Crippen molar-refractivity contribution in [3.63, 3.8) is 0 Å². The third-order valence-corrected chi connectivity index (χ3v) is 6.51. The second-order valence-corrected chi connectivity index (χ2v) is 11.2. The number of primary amides is 1. The van der Waals surface area contributed by atoms with Gasteiger partial charge in [-0.1, -0.05) is 44.2 Å². The number of amides is 6. The molecule has 254 valence electrons. The van der Waals surface area contributed by atoms with Gasteiger partial charge in [-0.3, -0.25) is 33.6 Å². The first-order valence-corrected chi connectivity index (χ1v) is 14.4. The number of aliphatic carboxylic acids is 2. The van der Waals surface area contributed by atoms with Gasteiger partial charge < -0.3 is 48.3 Å². The van der Waals surface area contributed by atoms with E-state index in [4.69, 9.17) is 16.6 Å². The zero-order valence-electron chi connectivity index (χ0n) is 26.1. The fourth-order valence-corrected chi connectivity index (χ4v) is 4.07. The Morgan fingerprint density at radius 2 is 1.13 bits per heavy atom. The number of carboxylic acid groups (broad SMARTS) is 2. The molecule has 6 amide bonds. The Morgan fingerprint density at radius 3 is 1.63 bits per heavy atom. The summed E-state index contributed by atoms with van der Waals surface area (Å²) in [6.45, 7) is 6.16. The molecule has 0 unspecified atom stereocenters. The molecule has 11 N–H and O–H groups in total. The minimum Gasteiger partial charge on any atom is -0.481 e. The first kappa shape index (κ1) is 39.0. The molecule has 0 spiro atoms. The Hall–Kier alpha value is -5.06. The van der Waals surface area contributed by atoms with E-state index in [2.05, 4.69) is 26.6 Å². The van der Waals surface area contributed by atoms with E-state index in [-0.39, 0.29) is 18.8 Å². The molecule has 17 heteroatoms. The fourth-order valence-electron chi connectivity index (χ4n) is 4.07. The van der Waals surface area contributed by atoms with Crippen LogP contribution in [-0.4, -0.2) is 93.8 Å². The van der Waals surface area contributed by atoms with Crippen LogP contribution in [0.1, 0.15) is 52.5 Å². The maximum Gasteiger partial charge on any atom is 0.326 e. The van der Waals surface area contributed by atoms with Crippen LogP contribution in [0.2, 0.25) is 0 Å². The number of hydrogen-bond donors (Lipinski definition) is 9. The van der Waals surface area contributed by atoms with E-state index in [1.807, 2.05) is 0 Å². The highest BCUT2D eigenvalue weighted by atomic mass is 16.4. The molecule has 17 nitrogen and oxygen atoms in total. The van der Waals surface area contributed by atoms with Gasteiger partial charge in [0.15, 0.2) is 0 Å². The lowest BCUT2D eigenvalue weighted by atomic mass is 10.0. The van der Waals surface area contributed by atoms with Gasteiger partial charge in [0.05, 0.1) is 18.9 Å². The number of carbonyl (C=O) groups excluding carboxylic acids is 6. The summed E-state index contributed by atoms with van der Waals surface area (Å²) >= 11 is 0. The molecule has 1 aromatic carbocycles. The van der Waals surface area contributed by atoms with Crippen molar-refractivity contribution in [1.82, 2.24) is 26.6 Å². The molecule has 46 heavy (non-hydrogen) atoms. The smallest absolute Gasteiger partial charge is 0.326 e. The summed E-state index contributed by atoms with van der Waals surface area (Å²) in [5, 5.41) is 30.1. The van der Waals surface area contributed by atoms with Crippen molar-refractivity contribution in [1.29, 1.82) is 0 Å². The monoisotopic (exact) mass is 649 g/mol. The normalized spacial score (nSPS) is 14.7. The van der Waals surface area contributed by atoms with Gasteiger partial charge in [0.1, 0.15) is 30.2 Å². The average Bonchev–Trinajstić information content (AvgIpc) is 2.95. The largest absolute Gasteiger partial charge is 0.481 e. The number of carbonyl (C=O) groups is 8. The van der Waals surface area contributed by atoms with E-state index in [9.17, 15) is 43.5 Å². The topological polar surface area (TPSA) is 289 Å². The Labute approximate surface area is 265 Å². The highest BCUT2D eigenvalue weighted by Crippen LogP contribution is 2.08. The van der Waals surface area contributed by atoms with Crippen molar-refractivity contribution in [2.75, 3.05) is 0 Å². The summed E-state index contributed by atoms with van der Waals surface area (Å²) in [6.07, 6.45) is -1.26. The summed E-state index contributed by atoms with van der Waals surface area (Å²) in [7, 11) is 0. The summed E-state index contributed by atoms with van der Waals surface area (Å²) < 4.78 is 0. The van der Waals surface area contributed by atoms with E-state index >= 15 is 0 Å². The first-order chi connectivity index (χ1) is 21.4. The Morgan fingerprint density at radius 1 is 0.652 bits per heavy atom. The van der Waals surface area contributed by atoms with Crippen LogP contribution >= 0.6 is 0 Å². The zero-order chi connectivity index (χ0) is 35.1. The van der Waals surface area contributed by atoms with E-state index < -0.39 is 96.5 Å². The summed E-state index contributed by atoms with van der Waals surface area (Å²) in [4.78, 5) is 97.9. The molecule has 6 atom stereocenters. The van der Waals surface area contributed by atoms with Crippen molar-refractivity contribution >= 4 is 47.4 Å². The quantitative estimate of drug-likeness (QED) is 0.0755. The van der Waals surface area contributed by atoms with Gasteiger partial charge in [-0.2, -0.15) is 0 Å². The maximum absolute atomic E-state index is 13.1. The molecule has 0 aliphatic rings. The molecule has 0 saturated carbocycles. The van der Waals surface area contributed by atoms with Crippen LogP contribution in [0.25, 0.3) is 0 Å². The molecule has 0 heterocycles. The van der Waals surface area contributed by atoms with Crippen LogP contribution < -0.4 is 38.1 Å². The van der Waals surface area contributed by atoms with Gasteiger partial charge in [-0.25, -0.2) is 4.79 Å². The Balaban J connectivity index is 2.95. The molecule has 0 bridgehead atoms. The summed E-state index contributed by atoms with van der Waals surface area (Å²) in [5.74, 6) is -8.06. The third-order valence-electron chi connectivity index (χ3n) is 6.51. The minimum absolute atomic E-state index is 0.0165. The second kappa shape index (κ2) is 18.7. The number of benzene rings is 1. The maximum atomic E-state index is 13.1. The zero-order valence-corrected chi connectivity index (χ0v) is 26.1. The molecular weight excluding hydrogens is 606 g/mol. The average molecular weight is 650 g/mol. The van der Waals surface area contributed by atoms with Crippen LogP contribution in [-0.2, 0) is 44.8 Å². The third kappa shape index (κ3) is 14.1. The van der Waals surface area contributed by atoms with Crippen molar-refractivity contribution in [3.8, 4) is 0 Å². The molecule has 1 aromatic rings. The molecule has 0 fully saturated rings. The summed E-state index contributed by atoms with van der Waals surface area (Å²) in [6, 6.07) is 0.611. The van der Waals surface area contributed by atoms with E-state index in [1.54, 1.807) is 44.2 Å². The standard InChI is InChI=1S/C29H43N7O10/c1-14(2)10-21(29(45)46)36-28(44)19(11-17-8-6-5-7-9-17)34-25(41)16(4)32-24(40)15(3)33-27(43)20(13-22(31)37)35-26(42)18(30)12-23(38)39/h5-9,14-16,18-21H,10-13,30H2,1-4H3,(H2,31,37)(H,32,40)(H,33,43)(H,34,41)(H,35,42)(H,36,44)(H,38,39)(H,45,46)/t15-,16-,18-,19-,20-,21-/m0/s1. The Bertz CT molecular complexity index is 1270. The van der Waals surface area contributed by atoms with E-state index in [1.165, 1.54) is 13.8 Å². The van der Waals surface area contributed by atoms with Crippen molar-refractivity contribution < 1.29 is 48.6 Å². The lowest BCUT2D eigenvalue weighted by Crippen LogP contribution is -2.58. The van der Waals surface area contributed by atoms with Crippen LogP contribution in [0.4, 0.5) is 0 Å². The molecule has 1 rings (SSSR count). The Kier molecular flexibility index (Phi) is 15.8. The minimum atomic E-state index is -1.58. The molecule has 0 saturated heterocycles. The van der Waals surface area contributed by atoms with Crippen LogP contribution in [0.5, 0.6) is 0 Å². The molecule has 0 aliphatic carbocycles. The van der Waals surface area contributed by atoms with Gasteiger partial charge in [0.25, 0.3) is 0 Å². The van der Waals surface area contributed by atoms with Gasteiger partial charge >= 0.3 is 11.9 Å². The second-order valence-electron chi connectivity index (χ2n) is 11.2. The number of rotatable bonds is 19. The number of carboxylic acids is 2. The van der Waals surface area contributed by atoms with E-state index in [0.717, 1.165) is 0 Å². The number of hydrogen-bond acceptors (Lipinski definition) is 9. The van der Waals surface area contributed by atoms with Crippen LogP contribution in [0.15, 0.2) is 30.3 Å². The van der Waals surface area contributed by atoms with E-state index in [0.29, 0.717) is 5.56 Å². The lowest BCUT2D eigenvalue weighted by molar-refractivity contribution is -0.142. The van der Waals surface area contributed by atoms with Gasteiger partial charge in [-0.05, 0) is 31.7 Å². The molecular formula is C29H43N7O10. The highest BCUT2D eigenvalue weighted by molar-refractivity contribution is 5.97. The van der Waals surface area contributed by atoms with Gasteiger partial charge in [0.2, 0.25) is 35.4 Å². The van der Waals surface area contributed by atoms with Crippen molar-refractivity contribution in [3.05, 3.63) is 35.9 Å². The summed E-state index contributed by atoms with van der Waals surface area (Å²) in [5.41, 5.74) is 11.3. The van der Waals surface area contributed by atoms with Crippen LogP contribution in [0.3, 0.4) is 0 Å². The van der Waals surface area contributed by atoms with Crippen molar-refractivity contribution in [2.45, 2.75) is 89.6 Å². The predicted molar refractivity (Wildman–Crippen MR) is 162 cm³/mol. The number of nitrogens with two attached hydrogens (primary N) is 2. The first-order valence-electron chi connectivity index (χ1n) is 14.4. The van der Waals surface area contributed by atoms with Gasteiger partial charge in [-0.15, -0.1) is 0 Å². The highest BCUT2D eigenvalue weighted by Gasteiger charge is 2.31. The van der Waals surface area contributed by atoms with Crippen LogP contribution in [0, 0.1) is 5.92 Å². The molecule has 0 aliphatic heterocycles. The SMILES string of the molecule is CC(C)C[C@H](NC(=O)[C@H](Cc1ccccc1)NC(=O)[C@H](C)NC(=O)[C@H](C)NC(=O)[C@H](CC(N)=O)NC(=O)[C@@H](N)CC(=O)O)C(=O)O. The lowest BCUT2D eigenvalue weighted by Gasteiger charge is -2.25. The number of nitrogens with one attached hydrogen (secondary N) is 5. The van der Waals surface area contributed by atoms with Crippen molar-refractivity contribution in [2.24, 2.45) is 17.4 Å². The molecule has 0 aromatic heterocycles. The predicted octanol–water partition coefficient (Wildman–Crippen LogP) is -2.50. The molecule has 0 radical (unpaired) electrons. The van der Waals surface area contributed by atoms with Gasteiger partial charge in [0, 0.05) is 6.42 Å².